The number of amides is 8. The maximum absolute atomic E-state index is 13.6. The molecule has 12 N–H and O–H groups in total. The molecule has 21 heteroatoms. The normalized spacial score (nSPS) is 18.2. The van der Waals surface area contributed by atoms with Crippen molar-refractivity contribution in [2.45, 2.75) is 155 Å². The van der Waals surface area contributed by atoms with E-state index in [-0.39, 0.29) is 43.4 Å². The van der Waals surface area contributed by atoms with Crippen LogP contribution in [0.15, 0.2) is 24.3 Å². The number of aliphatic hydroxyl groups excluding tert-OH is 1. The van der Waals surface area contributed by atoms with Crippen LogP contribution in [-0.4, -0.2) is 141 Å². The lowest BCUT2D eigenvalue weighted by molar-refractivity contribution is -0.144. The topological polar surface area (TPSA) is 328 Å². The van der Waals surface area contributed by atoms with E-state index in [1.807, 2.05) is 13.8 Å². The molecule has 0 spiro atoms. The lowest BCUT2D eigenvalue weighted by Crippen LogP contribution is -2.59. The second-order valence-electron chi connectivity index (χ2n) is 17.4. The van der Waals surface area contributed by atoms with Crippen molar-refractivity contribution in [1.82, 2.24) is 42.1 Å². The predicted octanol–water partition coefficient (Wildman–Crippen LogP) is -1.08. The minimum Gasteiger partial charge on any atom is -0.508 e. The number of nitrogens with two attached hydrogens (primary N) is 1. The first-order valence-electron chi connectivity index (χ1n) is 22.3. The van der Waals surface area contributed by atoms with Crippen molar-refractivity contribution in [1.29, 1.82) is 0 Å². The molecule has 0 aromatic heterocycles. The van der Waals surface area contributed by atoms with E-state index < -0.39 is 120 Å². The number of aromatic hydroxyl groups is 1. The Kier molecular flexibility index (Phi) is 22.3. The Hall–Kier alpha value is -5.83. The van der Waals surface area contributed by atoms with Crippen molar-refractivity contribution in [3.63, 3.8) is 0 Å². The summed E-state index contributed by atoms with van der Waals surface area (Å²) >= 11 is 0. The molecule has 1 aliphatic heterocycles. The Morgan fingerprint density at radius 2 is 1.28 bits per heavy atom. The summed E-state index contributed by atoms with van der Waals surface area (Å²) in [6.45, 7) is 14.4. The van der Waals surface area contributed by atoms with Crippen molar-refractivity contribution in [3.05, 3.63) is 29.8 Å². The van der Waals surface area contributed by atoms with E-state index >= 15 is 0 Å². The van der Waals surface area contributed by atoms with Gasteiger partial charge in [0.1, 0.15) is 54.1 Å². The average molecular weight is 918 g/mol. The molecule has 1 aromatic rings. The van der Waals surface area contributed by atoms with Gasteiger partial charge in [-0.25, -0.2) is 4.79 Å². The fourth-order valence-corrected chi connectivity index (χ4v) is 7.01. The van der Waals surface area contributed by atoms with Gasteiger partial charge in [-0.1, -0.05) is 66.5 Å². The first-order valence-corrected chi connectivity index (χ1v) is 22.3. The number of phenols is 1. The fourth-order valence-electron chi connectivity index (χ4n) is 7.01. The fraction of sp³-hybridized carbons (Fsp3) is 0.659. The monoisotopic (exact) mass is 918 g/mol. The minimum atomic E-state index is -1.35. The summed E-state index contributed by atoms with van der Waals surface area (Å²) in [4.78, 5) is 120. The predicted molar refractivity (Wildman–Crippen MR) is 238 cm³/mol. The third-order valence-electron chi connectivity index (χ3n) is 11.5. The van der Waals surface area contributed by atoms with E-state index in [1.54, 1.807) is 39.8 Å². The van der Waals surface area contributed by atoms with Gasteiger partial charge in [0.25, 0.3) is 0 Å². The Morgan fingerprint density at radius 3 is 1.83 bits per heavy atom. The van der Waals surface area contributed by atoms with Crippen LogP contribution in [-0.2, 0) is 49.6 Å². The molecule has 1 aliphatic rings. The lowest BCUT2D eigenvalue weighted by Gasteiger charge is -2.30. The van der Waals surface area contributed by atoms with Crippen molar-refractivity contribution in [3.8, 4) is 5.75 Å². The summed E-state index contributed by atoms with van der Waals surface area (Å²) in [7, 11) is 0. The van der Waals surface area contributed by atoms with Gasteiger partial charge in [0.05, 0.1) is 12.6 Å². The Balaban J connectivity index is 2.05. The molecular weight excluding hydrogens is 847 g/mol. The van der Waals surface area contributed by atoms with Crippen molar-refractivity contribution in [2.24, 2.45) is 23.5 Å². The molecule has 0 saturated carbocycles. The van der Waals surface area contributed by atoms with E-state index in [9.17, 15) is 58.5 Å². The van der Waals surface area contributed by atoms with Gasteiger partial charge < -0.3 is 63.2 Å². The summed E-state index contributed by atoms with van der Waals surface area (Å²) in [5.74, 6) is -7.72. The molecule has 0 bridgehead atoms. The highest BCUT2D eigenvalue weighted by Crippen LogP contribution is 2.20. The van der Waals surface area contributed by atoms with E-state index in [2.05, 4.69) is 37.2 Å². The van der Waals surface area contributed by atoms with Crippen LogP contribution < -0.4 is 43.0 Å². The zero-order chi connectivity index (χ0) is 49.3. The number of hydrogen-bond acceptors (Lipinski definition) is 12. The maximum atomic E-state index is 13.6. The van der Waals surface area contributed by atoms with Crippen molar-refractivity contribution in [2.75, 3.05) is 13.1 Å². The second kappa shape index (κ2) is 26.2. The van der Waals surface area contributed by atoms with E-state index in [0.29, 0.717) is 24.8 Å². The van der Waals surface area contributed by atoms with Crippen LogP contribution in [0.1, 0.15) is 100.0 Å². The molecule has 0 aliphatic carbocycles. The number of likely N-dealkylation sites (tertiary alicyclic amines) is 1. The van der Waals surface area contributed by atoms with Gasteiger partial charge >= 0.3 is 5.97 Å². The number of nitrogens with one attached hydrogen (secondary N) is 7. The van der Waals surface area contributed by atoms with Gasteiger partial charge in [-0.15, -0.1) is 0 Å². The molecule has 1 aromatic carbocycles. The van der Waals surface area contributed by atoms with Crippen LogP contribution in [0.3, 0.4) is 0 Å². The van der Waals surface area contributed by atoms with Crippen LogP contribution in [0.2, 0.25) is 0 Å². The number of phenolic OH excluding ortho intramolecular Hbond substituents is 1. The summed E-state index contributed by atoms with van der Waals surface area (Å²) in [6, 6.07) is -3.39. The van der Waals surface area contributed by atoms with Gasteiger partial charge in [-0.2, -0.15) is 0 Å². The van der Waals surface area contributed by atoms with Gasteiger partial charge in [-0.3, -0.25) is 38.4 Å². The standard InChI is InChI=1S/C44H71N9O12/c1-10-23(5)35(51-39(59)31(50-41(61)34(45)27(9)54)20-28-14-16-29(55)17-15-28)42(62)46-21-33(56)47-25(7)37(57)48-26(8)43(63)53-18-12-13-32(53)40(60)49-30(19-22(3)4)38(58)52-36(44(64)65)24(6)11-2/h14-17,22-27,30-32,34-36,54-55H,10-13,18-21,45H2,1-9H3,(H,46,62)(H,47,56)(H,48,57)(H,49,60)(H,50,61)(H,51,59)(H,52,58)(H,64,65)/t23-,24-,25-,26-,27+,30-,31-,32-,34-,35-,36-/m0/s1. The molecule has 21 nitrogen and oxygen atoms in total. The Bertz CT molecular complexity index is 1830. The van der Waals surface area contributed by atoms with Gasteiger partial charge in [0.15, 0.2) is 0 Å². The maximum Gasteiger partial charge on any atom is 0.326 e. The SMILES string of the molecule is CC[C@H](C)[C@H](NC(=O)[C@H](CC(C)C)NC(=O)[C@@H]1CCCN1C(=O)[C@H](C)NC(=O)[C@H](C)NC(=O)CNC(=O)[C@@H](NC(=O)[C@H](Cc1ccc(O)cc1)NC(=O)[C@@H](N)[C@@H](C)O)[C@@H](C)CC)C(=O)O. The third-order valence-corrected chi connectivity index (χ3v) is 11.5. The summed E-state index contributed by atoms with van der Waals surface area (Å²) < 4.78 is 0. The highest BCUT2D eigenvalue weighted by atomic mass is 16.4. The van der Waals surface area contributed by atoms with E-state index in [0.717, 1.165) is 0 Å². The van der Waals surface area contributed by atoms with Gasteiger partial charge in [-0.05, 0) is 75.5 Å². The molecule has 0 radical (unpaired) electrons. The van der Waals surface area contributed by atoms with E-state index in [4.69, 9.17) is 5.73 Å². The van der Waals surface area contributed by atoms with Gasteiger partial charge in [0.2, 0.25) is 47.3 Å². The number of nitrogens with zero attached hydrogens (tertiary/aromatic N) is 1. The number of carbonyl (C=O) groups is 9. The molecule has 1 fully saturated rings. The second-order valence-corrected chi connectivity index (χ2v) is 17.4. The quantitative estimate of drug-likeness (QED) is 0.0557. The minimum absolute atomic E-state index is 0.0176. The highest BCUT2D eigenvalue weighted by Gasteiger charge is 2.39. The summed E-state index contributed by atoms with van der Waals surface area (Å²) in [5, 5.41) is 47.1. The molecule has 2 rings (SSSR count). The molecule has 8 amide bonds. The number of carbonyl (C=O) groups excluding carboxylic acids is 8. The first-order chi connectivity index (χ1) is 30.4. The first kappa shape index (κ1) is 55.3. The van der Waals surface area contributed by atoms with Crippen molar-refractivity contribution < 1.29 is 58.5 Å². The Labute approximate surface area is 380 Å². The van der Waals surface area contributed by atoms with Crippen molar-refractivity contribution >= 4 is 53.2 Å². The smallest absolute Gasteiger partial charge is 0.326 e. The molecule has 1 heterocycles. The zero-order valence-corrected chi connectivity index (χ0v) is 38.9. The molecule has 1 saturated heterocycles. The van der Waals surface area contributed by atoms with Crippen LogP contribution in [0.5, 0.6) is 5.75 Å². The molecule has 364 valence electrons. The van der Waals surface area contributed by atoms with Crippen LogP contribution >= 0.6 is 0 Å². The Morgan fingerprint density at radius 1 is 0.708 bits per heavy atom. The lowest BCUT2D eigenvalue weighted by atomic mass is 9.97. The van der Waals surface area contributed by atoms with Crippen LogP contribution in [0.4, 0.5) is 0 Å². The average Bonchev–Trinajstić information content (AvgIpc) is 3.75. The number of hydrogen-bond donors (Lipinski definition) is 11. The van der Waals surface area contributed by atoms with Crippen LogP contribution in [0.25, 0.3) is 0 Å². The number of carboxylic acid groups (broad SMARTS) is 1. The highest BCUT2D eigenvalue weighted by molar-refractivity contribution is 5.97. The summed E-state index contributed by atoms with van der Waals surface area (Å²) in [6.07, 6.45) is 0.603. The zero-order valence-electron chi connectivity index (χ0n) is 38.9. The molecule has 11 atom stereocenters. The number of aliphatic carboxylic acids is 1. The number of benzene rings is 1. The number of rotatable bonds is 25. The largest absolute Gasteiger partial charge is 0.508 e. The molecule has 0 unspecified atom stereocenters. The molecular formula is C44H71N9O12. The van der Waals surface area contributed by atoms with Crippen LogP contribution in [0, 0.1) is 17.8 Å². The number of carboxylic acids is 1. The third kappa shape index (κ3) is 17.2. The van der Waals surface area contributed by atoms with Gasteiger partial charge in [0, 0.05) is 13.0 Å². The summed E-state index contributed by atoms with van der Waals surface area (Å²) in [5.41, 5.74) is 6.35. The van der Waals surface area contributed by atoms with E-state index in [1.165, 1.54) is 37.8 Å². The number of aliphatic hydroxyl groups is 1. The molecule has 65 heavy (non-hydrogen) atoms.